The zero-order chi connectivity index (χ0) is 32.7. The van der Waals surface area contributed by atoms with Crippen LogP contribution in [0.4, 0.5) is 9.18 Å². The zero-order valence-electron chi connectivity index (χ0n) is 25.3. The lowest BCUT2D eigenvalue weighted by atomic mass is 10.0. The molecular formula is C31H32FN5O8. The first-order valence-electron chi connectivity index (χ1n) is 13.9. The van der Waals surface area contributed by atoms with Gasteiger partial charge in [-0.3, -0.25) is 19.0 Å². The number of hydrogen-bond donors (Lipinski definition) is 1. The lowest BCUT2D eigenvalue weighted by Gasteiger charge is -2.28. The Morgan fingerprint density at radius 3 is 2.38 bits per heavy atom. The standard InChI is InChI=1S/C31H32FN5O8/c1-18-35-36-27(43-18)26(39)34-31(3,4)29-33-24(23(38)16-13-20-11-14-22(32)15-12-20)25(28(40)37(29)5)44-19(2)45-30(41)42-17-21-9-7-6-8-10-21/h6-12,14-15,19H,13,16-17H2,1-5H3,(H,34,39). The van der Waals surface area contributed by atoms with E-state index in [0.717, 1.165) is 10.1 Å². The third-order valence-electron chi connectivity index (χ3n) is 6.52. The maximum absolute atomic E-state index is 13.6. The summed E-state index contributed by atoms with van der Waals surface area (Å²) >= 11 is 0. The first-order valence-corrected chi connectivity index (χ1v) is 13.9. The van der Waals surface area contributed by atoms with Gasteiger partial charge in [-0.2, -0.15) is 0 Å². The number of benzene rings is 2. The molecule has 0 bridgehead atoms. The molecule has 13 nitrogen and oxygen atoms in total. The summed E-state index contributed by atoms with van der Waals surface area (Å²) in [6.07, 6.45) is -2.33. The number of aromatic nitrogens is 4. The summed E-state index contributed by atoms with van der Waals surface area (Å²) in [6.45, 7) is 5.95. The summed E-state index contributed by atoms with van der Waals surface area (Å²) in [6, 6.07) is 14.5. The van der Waals surface area contributed by atoms with Crippen LogP contribution in [0, 0.1) is 12.7 Å². The van der Waals surface area contributed by atoms with Gasteiger partial charge in [0.25, 0.3) is 5.56 Å². The molecule has 0 radical (unpaired) electrons. The van der Waals surface area contributed by atoms with Crippen LogP contribution in [0.2, 0.25) is 0 Å². The molecule has 1 unspecified atom stereocenters. The average Bonchev–Trinajstić information content (AvgIpc) is 3.44. The highest BCUT2D eigenvalue weighted by atomic mass is 19.1. The van der Waals surface area contributed by atoms with E-state index in [4.69, 9.17) is 18.6 Å². The smallest absolute Gasteiger partial charge is 0.447 e. The number of rotatable bonds is 12. The number of halogens is 1. The van der Waals surface area contributed by atoms with Crippen molar-refractivity contribution in [2.24, 2.45) is 7.05 Å². The van der Waals surface area contributed by atoms with Crippen LogP contribution in [-0.4, -0.2) is 43.9 Å². The Morgan fingerprint density at radius 2 is 1.73 bits per heavy atom. The van der Waals surface area contributed by atoms with Crippen molar-refractivity contribution in [2.75, 3.05) is 0 Å². The van der Waals surface area contributed by atoms with Gasteiger partial charge in [0.2, 0.25) is 17.9 Å². The van der Waals surface area contributed by atoms with Gasteiger partial charge >= 0.3 is 18.0 Å². The monoisotopic (exact) mass is 621 g/mol. The van der Waals surface area contributed by atoms with Crippen molar-refractivity contribution in [1.82, 2.24) is 25.1 Å². The topological polar surface area (TPSA) is 165 Å². The molecule has 0 aliphatic rings. The summed E-state index contributed by atoms with van der Waals surface area (Å²) in [5, 5.41) is 10.0. The second-order valence-electron chi connectivity index (χ2n) is 10.6. The van der Waals surface area contributed by atoms with Gasteiger partial charge in [0.15, 0.2) is 11.5 Å². The van der Waals surface area contributed by atoms with Gasteiger partial charge < -0.3 is 23.9 Å². The predicted octanol–water partition coefficient (Wildman–Crippen LogP) is 4.17. The molecule has 2 aromatic carbocycles. The van der Waals surface area contributed by atoms with Crippen LogP contribution in [0.5, 0.6) is 5.75 Å². The van der Waals surface area contributed by atoms with E-state index < -0.39 is 46.8 Å². The summed E-state index contributed by atoms with van der Waals surface area (Å²) < 4.78 is 35.6. The second-order valence-corrected chi connectivity index (χ2v) is 10.6. The summed E-state index contributed by atoms with van der Waals surface area (Å²) in [5.74, 6) is -2.31. The number of nitrogens with zero attached hydrogens (tertiary/aromatic N) is 4. The number of nitrogens with one attached hydrogen (secondary N) is 1. The molecule has 4 rings (SSSR count). The van der Waals surface area contributed by atoms with Gasteiger partial charge in [-0.05, 0) is 43.5 Å². The predicted molar refractivity (Wildman–Crippen MR) is 156 cm³/mol. The summed E-state index contributed by atoms with van der Waals surface area (Å²) in [5.41, 5.74) is -1.05. The van der Waals surface area contributed by atoms with E-state index in [1.165, 1.54) is 45.2 Å². The Kier molecular flexibility index (Phi) is 10.1. The minimum absolute atomic E-state index is 0.00501. The van der Waals surface area contributed by atoms with E-state index in [9.17, 15) is 23.6 Å². The Hall–Kier alpha value is -5.40. The number of carbonyl (C=O) groups excluding carboxylic acids is 3. The SMILES string of the molecule is Cc1nnc(C(=O)NC(C)(C)c2nc(C(=O)CCc3ccc(F)cc3)c(OC(C)OC(=O)OCc3ccccc3)c(=O)n2C)o1. The van der Waals surface area contributed by atoms with E-state index >= 15 is 0 Å². The summed E-state index contributed by atoms with van der Waals surface area (Å²) in [4.78, 5) is 56.8. The molecule has 0 saturated carbocycles. The molecule has 4 aromatic rings. The van der Waals surface area contributed by atoms with Crippen molar-refractivity contribution in [3.63, 3.8) is 0 Å². The molecule has 1 N–H and O–H groups in total. The highest BCUT2D eigenvalue weighted by molar-refractivity contribution is 5.97. The van der Waals surface area contributed by atoms with Crippen molar-refractivity contribution in [3.05, 3.63) is 105 Å². The average molecular weight is 622 g/mol. The lowest BCUT2D eigenvalue weighted by Crippen LogP contribution is -2.46. The van der Waals surface area contributed by atoms with E-state index in [1.54, 1.807) is 38.1 Å². The Balaban J connectivity index is 1.60. The zero-order valence-corrected chi connectivity index (χ0v) is 25.3. The van der Waals surface area contributed by atoms with E-state index in [0.29, 0.717) is 5.56 Å². The number of Topliss-reactive ketones (excluding diaryl/α,β-unsaturated/α-hetero) is 1. The van der Waals surface area contributed by atoms with Crippen LogP contribution in [0.25, 0.3) is 0 Å². The molecule has 236 valence electrons. The molecule has 1 amide bonds. The molecule has 1 atom stereocenters. The first kappa shape index (κ1) is 32.5. The molecular weight excluding hydrogens is 589 g/mol. The first-order chi connectivity index (χ1) is 21.3. The van der Waals surface area contributed by atoms with Crippen molar-refractivity contribution < 1.29 is 37.4 Å². The minimum Gasteiger partial charge on any atom is -0.447 e. The maximum Gasteiger partial charge on any atom is 0.511 e. The molecule has 0 spiro atoms. The van der Waals surface area contributed by atoms with E-state index in [1.807, 2.05) is 6.07 Å². The second kappa shape index (κ2) is 13.9. The molecule has 0 saturated heterocycles. The van der Waals surface area contributed by atoms with Gasteiger partial charge in [-0.15, -0.1) is 10.2 Å². The number of hydrogen-bond acceptors (Lipinski definition) is 11. The molecule has 0 fully saturated rings. The molecule has 0 aliphatic carbocycles. The largest absolute Gasteiger partial charge is 0.511 e. The van der Waals surface area contributed by atoms with Crippen molar-refractivity contribution in [2.45, 2.75) is 59.0 Å². The third kappa shape index (κ3) is 8.37. The van der Waals surface area contributed by atoms with Gasteiger partial charge in [0.05, 0.1) is 5.54 Å². The van der Waals surface area contributed by atoms with Gasteiger partial charge in [0, 0.05) is 27.3 Å². The molecule has 2 heterocycles. The number of ketones is 1. The number of ether oxygens (including phenoxy) is 3. The highest BCUT2D eigenvalue weighted by Crippen LogP contribution is 2.23. The number of carbonyl (C=O) groups is 3. The Bertz CT molecular complexity index is 1740. The summed E-state index contributed by atoms with van der Waals surface area (Å²) in [7, 11) is 1.38. The van der Waals surface area contributed by atoms with Crippen LogP contribution < -0.4 is 15.6 Å². The molecule has 0 aliphatic heterocycles. The molecule has 45 heavy (non-hydrogen) atoms. The van der Waals surface area contributed by atoms with Crippen LogP contribution >= 0.6 is 0 Å². The fourth-order valence-corrected chi connectivity index (χ4v) is 4.32. The Labute approximate surface area is 257 Å². The van der Waals surface area contributed by atoms with Gasteiger partial charge in [0.1, 0.15) is 18.2 Å². The van der Waals surface area contributed by atoms with E-state index in [2.05, 4.69) is 20.5 Å². The number of aryl methyl sites for hydroxylation is 2. The van der Waals surface area contributed by atoms with E-state index in [-0.39, 0.29) is 42.7 Å². The van der Waals surface area contributed by atoms with Gasteiger partial charge in [-0.1, -0.05) is 42.5 Å². The highest BCUT2D eigenvalue weighted by Gasteiger charge is 2.33. The number of amides is 1. The molecule has 14 heteroatoms. The van der Waals surface area contributed by atoms with Crippen molar-refractivity contribution in [1.29, 1.82) is 0 Å². The fraction of sp³-hybridized carbons (Fsp3) is 0.323. The third-order valence-corrected chi connectivity index (χ3v) is 6.52. The van der Waals surface area contributed by atoms with Crippen LogP contribution in [-0.2, 0) is 35.1 Å². The molecule has 2 aromatic heterocycles. The van der Waals surface area contributed by atoms with Crippen LogP contribution in [0.3, 0.4) is 0 Å². The lowest BCUT2D eigenvalue weighted by molar-refractivity contribution is -0.0565. The van der Waals surface area contributed by atoms with Crippen LogP contribution in [0.15, 0.2) is 63.8 Å². The minimum atomic E-state index is -1.36. The van der Waals surface area contributed by atoms with Crippen molar-refractivity contribution >= 4 is 17.8 Å². The normalized spacial score (nSPS) is 11.9. The van der Waals surface area contributed by atoms with Gasteiger partial charge in [-0.25, -0.2) is 14.2 Å². The van der Waals surface area contributed by atoms with Crippen LogP contribution in [0.1, 0.15) is 71.2 Å². The quantitative estimate of drug-likeness (QED) is 0.137. The van der Waals surface area contributed by atoms with Crippen molar-refractivity contribution in [3.8, 4) is 5.75 Å². The maximum atomic E-state index is 13.6. The fourth-order valence-electron chi connectivity index (χ4n) is 4.32. The Morgan fingerprint density at radius 1 is 1.04 bits per heavy atom.